The van der Waals surface area contributed by atoms with Crippen LogP contribution in [-0.2, 0) is 6.54 Å². The Kier molecular flexibility index (Phi) is 3.62. The van der Waals surface area contributed by atoms with Gasteiger partial charge >= 0.3 is 0 Å². The van der Waals surface area contributed by atoms with Gasteiger partial charge in [-0.1, -0.05) is 6.07 Å². The number of carbonyl (C=O) groups is 1. The van der Waals surface area contributed by atoms with Crippen molar-refractivity contribution in [2.75, 3.05) is 5.73 Å². The molecule has 94 valence electrons. The lowest BCUT2D eigenvalue weighted by molar-refractivity contribution is 0.0937. The van der Waals surface area contributed by atoms with E-state index in [4.69, 9.17) is 5.73 Å². The van der Waals surface area contributed by atoms with Gasteiger partial charge in [-0.3, -0.25) is 4.79 Å². The third kappa shape index (κ3) is 3.10. The highest BCUT2D eigenvalue weighted by Gasteiger charge is 2.10. The van der Waals surface area contributed by atoms with E-state index < -0.39 is 0 Å². The summed E-state index contributed by atoms with van der Waals surface area (Å²) in [5.74, 6) is -0.116. The van der Waals surface area contributed by atoms with Crippen LogP contribution < -0.4 is 11.1 Å². The summed E-state index contributed by atoms with van der Waals surface area (Å²) < 4.78 is 1.92. The monoisotopic (exact) mass is 244 g/mol. The van der Waals surface area contributed by atoms with Crippen LogP contribution in [0.1, 0.15) is 17.3 Å². The number of nitrogens with one attached hydrogen (secondary N) is 1. The summed E-state index contributed by atoms with van der Waals surface area (Å²) >= 11 is 0. The van der Waals surface area contributed by atoms with Crippen LogP contribution in [0.15, 0.2) is 43.0 Å². The first-order valence-corrected chi connectivity index (χ1v) is 5.77. The lowest BCUT2D eigenvalue weighted by Crippen LogP contribution is -2.35. The molecule has 0 saturated carbocycles. The minimum absolute atomic E-state index is 0.0214. The molecule has 2 rings (SSSR count). The molecule has 0 aliphatic carbocycles. The molecular formula is C13H16N4O. The number of nitrogens with zero attached hydrogens (tertiary/aromatic N) is 2. The molecule has 1 amide bonds. The molecular weight excluding hydrogens is 228 g/mol. The fraction of sp³-hybridized carbons (Fsp3) is 0.231. The topological polar surface area (TPSA) is 72.9 Å². The quantitative estimate of drug-likeness (QED) is 0.796. The maximum absolute atomic E-state index is 11.9. The van der Waals surface area contributed by atoms with E-state index in [1.807, 2.05) is 17.7 Å². The van der Waals surface area contributed by atoms with Crippen LogP contribution in [0.25, 0.3) is 0 Å². The Hall–Kier alpha value is -2.30. The van der Waals surface area contributed by atoms with Gasteiger partial charge in [-0.25, -0.2) is 4.98 Å². The molecule has 2 aromatic rings. The van der Waals surface area contributed by atoms with Crippen molar-refractivity contribution in [1.82, 2.24) is 14.9 Å². The van der Waals surface area contributed by atoms with E-state index >= 15 is 0 Å². The maximum Gasteiger partial charge on any atom is 0.251 e. The number of benzene rings is 1. The first-order valence-electron chi connectivity index (χ1n) is 5.77. The molecule has 5 nitrogen and oxygen atoms in total. The standard InChI is InChI=1S/C13H16N4O/c1-10(8-17-6-5-15-9-17)16-13(18)11-3-2-4-12(14)7-11/h2-7,9-10H,8,14H2,1H3,(H,16,18). The fourth-order valence-electron chi connectivity index (χ4n) is 1.74. The van der Waals surface area contributed by atoms with Crippen molar-refractivity contribution >= 4 is 11.6 Å². The third-order valence-electron chi connectivity index (χ3n) is 2.57. The summed E-state index contributed by atoms with van der Waals surface area (Å²) in [6, 6.07) is 6.96. The van der Waals surface area contributed by atoms with Crippen molar-refractivity contribution in [3.8, 4) is 0 Å². The molecule has 1 aromatic carbocycles. The molecule has 1 aromatic heterocycles. The van der Waals surface area contributed by atoms with Crippen LogP contribution in [0, 0.1) is 0 Å². The zero-order chi connectivity index (χ0) is 13.0. The minimum atomic E-state index is -0.116. The Morgan fingerprint density at radius 2 is 2.39 bits per heavy atom. The van der Waals surface area contributed by atoms with Crippen LogP contribution in [0.3, 0.4) is 0 Å². The lowest BCUT2D eigenvalue weighted by Gasteiger charge is -2.14. The zero-order valence-corrected chi connectivity index (χ0v) is 10.2. The van der Waals surface area contributed by atoms with Crippen molar-refractivity contribution < 1.29 is 4.79 Å². The van der Waals surface area contributed by atoms with Gasteiger partial charge in [0.25, 0.3) is 5.91 Å². The Bertz CT molecular complexity index is 522. The molecule has 1 heterocycles. The summed E-state index contributed by atoms with van der Waals surface area (Å²) in [6.07, 6.45) is 5.30. The van der Waals surface area contributed by atoms with Crippen LogP contribution in [0.2, 0.25) is 0 Å². The predicted octanol–water partition coefficient (Wildman–Crippen LogP) is 1.28. The van der Waals surface area contributed by atoms with E-state index in [9.17, 15) is 4.79 Å². The summed E-state index contributed by atoms with van der Waals surface area (Å²) in [7, 11) is 0. The molecule has 0 saturated heterocycles. The second kappa shape index (κ2) is 5.35. The molecule has 0 spiro atoms. The SMILES string of the molecule is CC(Cn1ccnc1)NC(=O)c1cccc(N)c1. The normalized spacial score (nSPS) is 12.1. The smallest absolute Gasteiger partial charge is 0.251 e. The van der Waals surface area contributed by atoms with Gasteiger partial charge < -0.3 is 15.6 Å². The van der Waals surface area contributed by atoms with Gasteiger partial charge in [-0.15, -0.1) is 0 Å². The molecule has 1 atom stereocenters. The maximum atomic E-state index is 11.9. The number of rotatable bonds is 4. The molecule has 0 bridgehead atoms. The molecule has 0 aliphatic rings. The number of hydrogen-bond donors (Lipinski definition) is 2. The highest BCUT2D eigenvalue weighted by atomic mass is 16.1. The van der Waals surface area contributed by atoms with E-state index in [1.165, 1.54) is 0 Å². The number of nitrogen functional groups attached to an aromatic ring is 1. The van der Waals surface area contributed by atoms with Gasteiger partial charge in [0.05, 0.1) is 6.33 Å². The zero-order valence-electron chi connectivity index (χ0n) is 10.2. The van der Waals surface area contributed by atoms with Crippen LogP contribution >= 0.6 is 0 Å². The van der Waals surface area contributed by atoms with Crippen molar-refractivity contribution in [3.05, 3.63) is 48.5 Å². The Labute approximate surface area is 106 Å². The summed E-state index contributed by atoms with van der Waals surface area (Å²) in [5.41, 5.74) is 6.81. The van der Waals surface area contributed by atoms with E-state index in [1.54, 1.807) is 36.8 Å². The minimum Gasteiger partial charge on any atom is -0.399 e. The summed E-state index contributed by atoms with van der Waals surface area (Å²) in [6.45, 7) is 2.64. The first kappa shape index (κ1) is 12.2. The predicted molar refractivity (Wildman–Crippen MR) is 70.0 cm³/mol. The van der Waals surface area contributed by atoms with Crippen molar-refractivity contribution in [1.29, 1.82) is 0 Å². The molecule has 0 fully saturated rings. The lowest BCUT2D eigenvalue weighted by atomic mass is 10.2. The number of nitrogens with two attached hydrogens (primary N) is 1. The summed E-state index contributed by atoms with van der Waals surface area (Å²) in [4.78, 5) is 15.9. The highest BCUT2D eigenvalue weighted by Crippen LogP contribution is 2.06. The highest BCUT2D eigenvalue weighted by molar-refractivity contribution is 5.95. The fourth-order valence-corrected chi connectivity index (χ4v) is 1.74. The Morgan fingerprint density at radius 3 is 3.06 bits per heavy atom. The van der Waals surface area contributed by atoms with Gasteiger partial charge in [0.1, 0.15) is 0 Å². The van der Waals surface area contributed by atoms with Gasteiger partial charge in [0.2, 0.25) is 0 Å². The molecule has 3 N–H and O–H groups in total. The number of amides is 1. The van der Waals surface area contributed by atoms with Crippen molar-refractivity contribution in [2.24, 2.45) is 0 Å². The second-order valence-electron chi connectivity index (χ2n) is 4.26. The third-order valence-corrected chi connectivity index (χ3v) is 2.57. The molecule has 18 heavy (non-hydrogen) atoms. The molecule has 5 heteroatoms. The number of anilines is 1. The second-order valence-corrected chi connectivity index (χ2v) is 4.26. The van der Waals surface area contributed by atoms with Crippen LogP contribution in [-0.4, -0.2) is 21.5 Å². The molecule has 1 unspecified atom stereocenters. The van der Waals surface area contributed by atoms with E-state index in [-0.39, 0.29) is 11.9 Å². The molecule has 0 aliphatic heterocycles. The first-order chi connectivity index (χ1) is 8.65. The van der Waals surface area contributed by atoms with Gasteiger partial charge in [-0.2, -0.15) is 0 Å². The number of imidazole rings is 1. The van der Waals surface area contributed by atoms with Crippen LogP contribution in [0.4, 0.5) is 5.69 Å². The van der Waals surface area contributed by atoms with Gasteiger partial charge in [-0.05, 0) is 25.1 Å². The number of hydrogen-bond acceptors (Lipinski definition) is 3. The molecule has 0 radical (unpaired) electrons. The Balaban J connectivity index is 1.95. The van der Waals surface area contributed by atoms with Crippen molar-refractivity contribution in [2.45, 2.75) is 19.5 Å². The average molecular weight is 244 g/mol. The number of carbonyl (C=O) groups excluding carboxylic acids is 1. The average Bonchev–Trinajstić information content (AvgIpc) is 2.81. The number of aromatic nitrogens is 2. The van der Waals surface area contributed by atoms with Gasteiger partial charge in [0, 0.05) is 36.2 Å². The van der Waals surface area contributed by atoms with E-state index in [2.05, 4.69) is 10.3 Å². The van der Waals surface area contributed by atoms with E-state index in [0.717, 1.165) is 0 Å². The van der Waals surface area contributed by atoms with Crippen molar-refractivity contribution in [3.63, 3.8) is 0 Å². The van der Waals surface area contributed by atoms with Gasteiger partial charge in [0.15, 0.2) is 0 Å². The Morgan fingerprint density at radius 1 is 1.56 bits per heavy atom. The largest absolute Gasteiger partial charge is 0.399 e. The van der Waals surface area contributed by atoms with Crippen LogP contribution in [0.5, 0.6) is 0 Å². The summed E-state index contributed by atoms with van der Waals surface area (Å²) in [5, 5.41) is 2.92. The van der Waals surface area contributed by atoms with E-state index in [0.29, 0.717) is 17.8 Å².